The first-order valence-electron chi connectivity index (χ1n) is 11.7. The fourth-order valence-corrected chi connectivity index (χ4v) is 6.10. The molecule has 2 aromatic heterocycles. The SMILES string of the molecule is Cc1cccc(-n2c(C)cc([C@H]3[C@H](c4ccccn4)NC(=S)N3C3CCCC3)c2C)c1C. The van der Waals surface area contributed by atoms with Crippen LogP contribution in [0.3, 0.4) is 0 Å². The molecule has 0 unspecified atom stereocenters. The molecule has 4 nitrogen and oxygen atoms in total. The lowest BCUT2D eigenvalue weighted by Crippen LogP contribution is -2.37. The van der Waals surface area contributed by atoms with Crippen LogP contribution in [0.15, 0.2) is 48.7 Å². The van der Waals surface area contributed by atoms with E-state index < -0.39 is 0 Å². The van der Waals surface area contributed by atoms with Gasteiger partial charge < -0.3 is 14.8 Å². The molecule has 1 aliphatic heterocycles. The Kier molecular flexibility index (Phi) is 5.54. The summed E-state index contributed by atoms with van der Waals surface area (Å²) in [5, 5.41) is 4.52. The zero-order chi connectivity index (χ0) is 22.4. The summed E-state index contributed by atoms with van der Waals surface area (Å²) in [5.74, 6) is 0. The predicted octanol–water partition coefficient (Wildman–Crippen LogP) is 6.02. The monoisotopic (exact) mass is 444 g/mol. The molecule has 3 heterocycles. The van der Waals surface area contributed by atoms with Gasteiger partial charge in [-0.05, 0) is 93.7 Å². The number of nitrogens with one attached hydrogen (secondary N) is 1. The third-order valence-electron chi connectivity index (χ3n) is 7.46. The van der Waals surface area contributed by atoms with E-state index in [0.29, 0.717) is 6.04 Å². The minimum Gasteiger partial charge on any atom is -0.352 e. The number of nitrogens with zero attached hydrogens (tertiary/aromatic N) is 3. The number of aryl methyl sites for hydroxylation is 2. The van der Waals surface area contributed by atoms with Gasteiger partial charge in [-0.2, -0.15) is 0 Å². The van der Waals surface area contributed by atoms with Gasteiger partial charge in [0.2, 0.25) is 0 Å². The lowest BCUT2D eigenvalue weighted by Gasteiger charge is -2.33. The minimum absolute atomic E-state index is 0.0526. The zero-order valence-electron chi connectivity index (χ0n) is 19.4. The van der Waals surface area contributed by atoms with Gasteiger partial charge in [0.05, 0.1) is 17.8 Å². The Labute approximate surface area is 196 Å². The zero-order valence-corrected chi connectivity index (χ0v) is 20.2. The molecule has 5 rings (SSSR count). The Balaban J connectivity index is 1.66. The van der Waals surface area contributed by atoms with E-state index in [1.54, 1.807) is 0 Å². The Morgan fingerprint density at radius 2 is 1.78 bits per heavy atom. The van der Waals surface area contributed by atoms with Gasteiger partial charge >= 0.3 is 0 Å². The third kappa shape index (κ3) is 3.43. The normalized spacial score (nSPS) is 21.4. The fourth-order valence-electron chi connectivity index (χ4n) is 5.71. The molecule has 0 amide bonds. The molecule has 2 aliphatic rings. The van der Waals surface area contributed by atoms with Crippen LogP contribution in [0.25, 0.3) is 5.69 Å². The standard InChI is InChI=1S/C27H32N4S/c1-17-10-9-14-24(19(17)3)30-18(2)16-22(20(30)4)26-25(23-13-7-8-15-28-23)29-27(32)31(26)21-11-5-6-12-21/h7-10,13-16,21,25-26H,5-6,11-12H2,1-4H3,(H,29,32)/t25-,26-/m0/s1. The van der Waals surface area contributed by atoms with Crippen molar-refractivity contribution in [3.05, 3.63) is 82.4 Å². The van der Waals surface area contributed by atoms with Gasteiger partial charge in [-0.1, -0.05) is 31.0 Å². The van der Waals surface area contributed by atoms with Crippen LogP contribution in [0.2, 0.25) is 0 Å². The number of aromatic nitrogens is 2. The Morgan fingerprint density at radius 3 is 2.50 bits per heavy atom. The molecule has 1 saturated carbocycles. The summed E-state index contributed by atoms with van der Waals surface area (Å²) in [6.07, 6.45) is 6.87. The largest absolute Gasteiger partial charge is 0.352 e. The van der Waals surface area contributed by atoms with E-state index in [-0.39, 0.29) is 12.1 Å². The highest BCUT2D eigenvalue weighted by molar-refractivity contribution is 7.80. The number of hydrogen-bond acceptors (Lipinski definition) is 2. The maximum absolute atomic E-state index is 5.93. The van der Waals surface area contributed by atoms with E-state index in [9.17, 15) is 0 Å². The summed E-state index contributed by atoms with van der Waals surface area (Å²) in [6.45, 7) is 8.88. The van der Waals surface area contributed by atoms with Gasteiger partial charge in [-0.3, -0.25) is 4.98 Å². The molecule has 1 saturated heterocycles. The fraction of sp³-hybridized carbons (Fsp3) is 0.407. The summed E-state index contributed by atoms with van der Waals surface area (Å²) < 4.78 is 2.42. The predicted molar refractivity (Wildman–Crippen MR) is 134 cm³/mol. The van der Waals surface area contributed by atoms with E-state index in [2.05, 4.69) is 78.9 Å². The maximum atomic E-state index is 5.93. The first kappa shape index (κ1) is 21.2. The molecule has 1 aromatic carbocycles. The molecule has 3 aromatic rings. The van der Waals surface area contributed by atoms with Gasteiger partial charge in [-0.15, -0.1) is 0 Å². The van der Waals surface area contributed by atoms with Crippen molar-refractivity contribution in [3.8, 4) is 5.69 Å². The molecule has 2 atom stereocenters. The highest BCUT2D eigenvalue weighted by atomic mass is 32.1. The van der Waals surface area contributed by atoms with Crippen LogP contribution in [0.5, 0.6) is 0 Å². The second kappa shape index (κ2) is 8.36. The molecular formula is C27H32N4S. The molecular weight excluding hydrogens is 412 g/mol. The van der Waals surface area contributed by atoms with Crippen molar-refractivity contribution in [2.45, 2.75) is 71.5 Å². The lowest BCUT2D eigenvalue weighted by molar-refractivity contribution is 0.245. The molecule has 166 valence electrons. The van der Waals surface area contributed by atoms with E-state index in [4.69, 9.17) is 17.2 Å². The van der Waals surface area contributed by atoms with Crippen LogP contribution in [-0.4, -0.2) is 25.6 Å². The Morgan fingerprint density at radius 1 is 1.00 bits per heavy atom. The Hall–Kier alpha value is -2.66. The second-order valence-corrected chi connectivity index (χ2v) is 9.74. The second-order valence-electron chi connectivity index (χ2n) is 9.35. The van der Waals surface area contributed by atoms with E-state index in [1.165, 1.54) is 59.4 Å². The van der Waals surface area contributed by atoms with Crippen LogP contribution in [0, 0.1) is 27.7 Å². The number of benzene rings is 1. The number of rotatable bonds is 4. The van der Waals surface area contributed by atoms with Crippen LogP contribution < -0.4 is 5.32 Å². The van der Waals surface area contributed by atoms with Crippen LogP contribution in [-0.2, 0) is 0 Å². The number of hydrogen-bond donors (Lipinski definition) is 1. The van der Waals surface area contributed by atoms with E-state index in [0.717, 1.165) is 10.8 Å². The maximum Gasteiger partial charge on any atom is 0.170 e. The molecule has 1 aliphatic carbocycles. The van der Waals surface area contributed by atoms with Crippen LogP contribution in [0.1, 0.15) is 71.5 Å². The minimum atomic E-state index is 0.0526. The summed E-state index contributed by atoms with van der Waals surface area (Å²) in [5.41, 5.74) is 8.86. The van der Waals surface area contributed by atoms with E-state index >= 15 is 0 Å². The highest BCUT2D eigenvalue weighted by Crippen LogP contribution is 2.44. The molecule has 32 heavy (non-hydrogen) atoms. The Bertz CT molecular complexity index is 1140. The van der Waals surface area contributed by atoms with Crippen molar-refractivity contribution < 1.29 is 0 Å². The number of pyridine rings is 1. The van der Waals surface area contributed by atoms with Crippen molar-refractivity contribution in [2.24, 2.45) is 0 Å². The average Bonchev–Trinajstić information content (AvgIpc) is 3.49. The smallest absolute Gasteiger partial charge is 0.170 e. The summed E-state index contributed by atoms with van der Waals surface area (Å²) in [7, 11) is 0. The van der Waals surface area contributed by atoms with Crippen molar-refractivity contribution >= 4 is 17.3 Å². The van der Waals surface area contributed by atoms with Gasteiger partial charge in [-0.25, -0.2) is 0 Å². The quantitative estimate of drug-likeness (QED) is 0.499. The van der Waals surface area contributed by atoms with Gasteiger partial charge in [0, 0.05) is 29.3 Å². The van der Waals surface area contributed by atoms with Gasteiger partial charge in [0.15, 0.2) is 5.11 Å². The summed E-state index contributed by atoms with van der Waals surface area (Å²) in [6, 6.07) is 15.8. The van der Waals surface area contributed by atoms with Gasteiger partial charge in [0.25, 0.3) is 0 Å². The van der Waals surface area contributed by atoms with Gasteiger partial charge in [0.1, 0.15) is 0 Å². The van der Waals surface area contributed by atoms with Crippen molar-refractivity contribution in [3.63, 3.8) is 0 Å². The lowest BCUT2D eigenvalue weighted by atomic mass is 9.95. The topological polar surface area (TPSA) is 33.1 Å². The molecule has 2 fully saturated rings. The number of thiocarbonyl (C=S) groups is 1. The van der Waals surface area contributed by atoms with E-state index in [1.807, 2.05) is 12.3 Å². The van der Waals surface area contributed by atoms with Crippen molar-refractivity contribution in [1.82, 2.24) is 19.8 Å². The molecule has 5 heteroatoms. The summed E-state index contributed by atoms with van der Waals surface area (Å²) in [4.78, 5) is 7.22. The molecule has 0 radical (unpaired) electrons. The van der Waals surface area contributed by atoms with Crippen LogP contribution >= 0.6 is 12.2 Å². The first-order chi connectivity index (χ1) is 15.5. The third-order valence-corrected chi connectivity index (χ3v) is 7.79. The van der Waals surface area contributed by atoms with Crippen LogP contribution in [0.4, 0.5) is 0 Å². The molecule has 0 spiro atoms. The van der Waals surface area contributed by atoms with Crippen molar-refractivity contribution in [2.75, 3.05) is 0 Å². The summed E-state index contributed by atoms with van der Waals surface area (Å²) >= 11 is 5.93. The average molecular weight is 445 g/mol. The van der Waals surface area contributed by atoms with Crippen molar-refractivity contribution in [1.29, 1.82) is 0 Å². The highest BCUT2D eigenvalue weighted by Gasteiger charge is 2.44. The molecule has 1 N–H and O–H groups in total. The first-order valence-corrected chi connectivity index (χ1v) is 12.1. The molecule has 0 bridgehead atoms.